The number of carbonyl (C=O) groups excluding carboxylic acids is 1. The molecule has 1 unspecified atom stereocenters. The molecular formula is C21H29N3O3. The number of hydrogen-bond donors (Lipinski definition) is 0. The third-order valence-electron chi connectivity index (χ3n) is 6.32. The lowest BCUT2D eigenvalue weighted by Crippen LogP contribution is -2.38. The smallest absolute Gasteiger partial charge is 0.222 e. The van der Waals surface area contributed by atoms with Gasteiger partial charge in [0.15, 0.2) is 0 Å². The van der Waals surface area contributed by atoms with Gasteiger partial charge in [0, 0.05) is 36.6 Å². The van der Waals surface area contributed by atoms with Crippen LogP contribution in [-0.4, -0.2) is 34.2 Å². The summed E-state index contributed by atoms with van der Waals surface area (Å²) in [5.41, 5.74) is 4.49. The van der Waals surface area contributed by atoms with Crippen molar-refractivity contribution in [3.63, 3.8) is 0 Å². The summed E-state index contributed by atoms with van der Waals surface area (Å²) >= 11 is 0. The zero-order valence-electron chi connectivity index (χ0n) is 16.6. The van der Waals surface area contributed by atoms with Crippen molar-refractivity contribution in [2.45, 2.75) is 71.6 Å². The highest BCUT2D eigenvalue weighted by atomic mass is 16.5. The first-order chi connectivity index (χ1) is 13.0. The van der Waals surface area contributed by atoms with Crippen molar-refractivity contribution in [1.82, 2.24) is 15.2 Å². The zero-order valence-corrected chi connectivity index (χ0v) is 16.6. The van der Waals surface area contributed by atoms with E-state index in [0.717, 1.165) is 61.6 Å². The van der Waals surface area contributed by atoms with Gasteiger partial charge in [-0.2, -0.15) is 0 Å². The first-order valence-corrected chi connectivity index (χ1v) is 10.2. The molecule has 2 aliphatic rings. The molecule has 1 aliphatic carbocycles. The lowest BCUT2D eigenvalue weighted by molar-refractivity contribution is -0.132. The molecule has 4 rings (SSSR count). The van der Waals surface area contributed by atoms with Gasteiger partial charge in [0.1, 0.15) is 11.5 Å². The van der Waals surface area contributed by atoms with Gasteiger partial charge in [-0.1, -0.05) is 17.2 Å². The standard InChI is InChI=1S/C21H29N3O3/c1-13-4-6-19-18(12-13)21(27-23-19)16-8-10-24(11-9-16)20(25)7-5-17-14(2)22-26-15(17)3/h13,16H,4-12H2,1-3H3. The normalized spacial score (nSPS) is 20.7. The monoisotopic (exact) mass is 371 g/mol. The number of rotatable bonds is 4. The molecule has 1 amide bonds. The van der Waals surface area contributed by atoms with Crippen LogP contribution in [-0.2, 0) is 24.1 Å². The van der Waals surface area contributed by atoms with Crippen molar-refractivity contribution < 1.29 is 13.8 Å². The molecule has 27 heavy (non-hydrogen) atoms. The van der Waals surface area contributed by atoms with Gasteiger partial charge in [0.25, 0.3) is 0 Å². The number of hydrogen-bond acceptors (Lipinski definition) is 5. The van der Waals surface area contributed by atoms with Gasteiger partial charge >= 0.3 is 0 Å². The minimum atomic E-state index is 0.224. The minimum absolute atomic E-state index is 0.224. The zero-order chi connectivity index (χ0) is 19.0. The Morgan fingerprint density at radius 1 is 1.15 bits per heavy atom. The lowest BCUT2D eigenvalue weighted by Gasteiger charge is -2.31. The van der Waals surface area contributed by atoms with Crippen LogP contribution in [0.15, 0.2) is 9.05 Å². The van der Waals surface area contributed by atoms with Crippen molar-refractivity contribution in [1.29, 1.82) is 0 Å². The Hall–Kier alpha value is -2.11. The number of amides is 1. The van der Waals surface area contributed by atoms with E-state index in [-0.39, 0.29) is 5.91 Å². The third-order valence-corrected chi connectivity index (χ3v) is 6.32. The highest BCUT2D eigenvalue weighted by Gasteiger charge is 2.31. The fourth-order valence-corrected chi connectivity index (χ4v) is 4.57. The third kappa shape index (κ3) is 3.66. The second kappa shape index (κ2) is 7.49. The highest BCUT2D eigenvalue weighted by Crippen LogP contribution is 2.36. The molecule has 3 heterocycles. The van der Waals surface area contributed by atoms with E-state index in [2.05, 4.69) is 17.2 Å². The van der Waals surface area contributed by atoms with Gasteiger partial charge in [-0.15, -0.1) is 0 Å². The van der Waals surface area contributed by atoms with Crippen molar-refractivity contribution in [2.24, 2.45) is 5.92 Å². The van der Waals surface area contributed by atoms with Gasteiger partial charge in [0.05, 0.1) is 11.4 Å². The van der Waals surface area contributed by atoms with E-state index in [1.807, 2.05) is 18.7 Å². The van der Waals surface area contributed by atoms with Crippen LogP contribution in [0.4, 0.5) is 0 Å². The van der Waals surface area contributed by atoms with Crippen molar-refractivity contribution in [3.8, 4) is 0 Å². The van der Waals surface area contributed by atoms with E-state index in [0.29, 0.717) is 24.7 Å². The maximum Gasteiger partial charge on any atom is 0.222 e. The number of likely N-dealkylation sites (tertiary alicyclic amines) is 1. The second-order valence-corrected chi connectivity index (χ2v) is 8.28. The van der Waals surface area contributed by atoms with Crippen molar-refractivity contribution >= 4 is 5.91 Å². The summed E-state index contributed by atoms with van der Waals surface area (Å²) in [5, 5.41) is 8.29. The molecule has 1 saturated heterocycles. The molecule has 146 valence electrons. The Kier molecular flexibility index (Phi) is 5.06. The number of aryl methyl sites for hydroxylation is 3. The number of carbonyl (C=O) groups is 1. The molecule has 1 fully saturated rings. The molecule has 0 spiro atoms. The molecule has 0 bridgehead atoms. The molecule has 0 aromatic carbocycles. The molecule has 2 aromatic rings. The summed E-state index contributed by atoms with van der Waals surface area (Å²) in [6.07, 6.45) is 6.48. The fraction of sp³-hybridized carbons (Fsp3) is 0.667. The predicted molar refractivity (Wildman–Crippen MR) is 101 cm³/mol. The van der Waals surface area contributed by atoms with Crippen molar-refractivity contribution in [3.05, 3.63) is 34.0 Å². The van der Waals surface area contributed by atoms with Gasteiger partial charge in [-0.05, 0) is 58.3 Å². The van der Waals surface area contributed by atoms with Gasteiger partial charge in [0.2, 0.25) is 5.91 Å². The van der Waals surface area contributed by atoms with Gasteiger partial charge < -0.3 is 13.9 Å². The maximum atomic E-state index is 12.6. The van der Waals surface area contributed by atoms with Crippen LogP contribution in [0.5, 0.6) is 0 Å². The summed E-state index contributed by atoms with van der Waals surface area (Å²) in [4.78, 5) is 14.6. The number of piperidine rings is 1. The predicted octanol–water partition coefficient (Wildman–Crippen LogP) is 3.74. The Labute approximate surface area is 160 Å². The molecular weight excluding hydrogens is 342 g/mol. The van der Waals surface area contributed by atoms with Gasteiger partial charge in [-0.3, -0.25) is 4.79 Å². The summed E-state index contributed by atoms with van der Waals surface area (Å²) in [6.45, 7) is 7.75. The first kappa shape index (κ1) is 18.3. The van der Waals surface area contributed by atoms with E-state index < -0.39 is 0 Å². The average Bonchev–Trinajstić information content (AvgIpc) is 3.23. The molecule has 0 N–H and O–H groups in total. The van der Waals surface area contributed by atoms with Crippen LogP contribution in [0.1, 0.15) is 72.6 Å². The van der Waals surface area contributed by atoms with Crippen LogP contribution < -0.4 is 0 Å². The maximum absolute atomic E-state index is 12.6. The molecule has 6 heteroatoms. The Bertz CT molecular complexity index is 795. The fourth-order valence-electron chi connectivity index (χ4n) is 4.57. The number of aromatic nitrogens is 2. The molecule has 2 aromatic heterocycles. The summed E-state index contributed by atoms with van der Waals surface area (Å²) < 4.78 is 10.9. The van der Waals surface area contributed by atoms with E-state index in [4.69, 9.17) is 9.05 Å². The van der Waals surface area contributed by atoms with E-state index >= 15 is 0 Å². The highest BCUT2D eigenvalue weighted by molar-refractivity contribution is 5.76. The van der Waals surface area contributed by atoms with E-state index in [9.17, 15) is 4.79 Å². The Balaban J connectivity index is 1.33. The topological polar surface area (TPSA) is 72.4 Å². The largest absolute Gasteiger partial charge is 0.361 e. The molecule has 0 radical (unpaired) electrons. The number of nitrogens with zero attached hydrogens (tertiary/aromatic N) is 3. The van der Waals surface area contributed by atoms with Crippen LogP contribution in [0.3, 0.4) is 0 Å². The quantitative estimate of drug-likeness (QED) is 0.818. The van der Waals surface area contributed by atoms with Crippen LogP contribution >= 0.6 is 0 Å². The molecule has 6 nitrogen and oxygen atoms in total. The van der Waals surface area contributed by atoms with Crippen LogP contribution in [0.2, 0.25) is 0 Å². The SMILES string of the molecule is Cc1noc(C)c1CCC(=O)N1CCC(c2onc3c2CC(C)CC3)CC1. The first-order valence-electron chi connectivity index (χ1n) is 10.2. The molecule has 1 aliphatic heterocycles. The Morgan fingerprint density at radius 2 is 1.93 bits per heavy atom. The minimum Gasteiger partial charge on any atom is -0.361 e. The Morgan fingerprint density at radius 3 is 2.63 bits per heavy atom. The van der Waals surface area contributed by atoms with E-state index in [1.54, 1.807) is 0 Å². The number of fused-ring (bicyclic) bond motifs is 1. The van der Waals surface area contributed by atoms with Crippen molar-refractivity contribution in [2.75, 3.05) is 13.1 Å². The molecule has 1 atom stereocenters. The summed E-state index contributed by atoms with van der Waals surface area (Å²) in [5.74, 6) is 3.25. The summed E-state index contributed by atoms with van der Waals surface area (Å²) in [6, 6.07) is 0. The average molecular weight is 371 g/mol. The van der Waals surface area contributed by atoms with Gasteiger partial charge in [-0.25, -0.2) is 0 Å². The second-order valence-electron chi connectivity index (χ2n) is 8.28. The lowest BCUT2D eigenvalue weighted by atomic mass is 9.83. The molecule has 0 saturated carbocycles. The summed E-state index contributed by atoms with van der Waals surface area (Å²) in [7, 11) is 0. The van der Waals surface area contributed by atoms with E-state index in [1.165, 1.54) is 17.7 Å². The van der Waals surface area contributed by atoms with Crippen LogP contribution in [0.25, 0.3) is 0 Å². The van der Waals surface area contributed by atoms with Crippen LogP contribution in [0, 0.1) is 19.8 Å².